The number of aliphatic carboxylic acids is 1. The van der Waals surface area contributed by atoms with Gasteiger partial charge in [0, 0.05) is 6.54 Å². The highest BCUT2D eigenvalue weighted by atomic mass is 16.5. The molecule has 0 aliphatic heterocycles. The van der Waals surface area contributed by atoms with Gasteiger partial charge in [-0.15, -0.1) is 0 Å². The van der Waals surface area contributed by atoms with Gasteiger partial charge in [0.1, 0.15) is 6.04 Å². The first-order valence-electron chi connectivity index (χ1n) is 6.26. The molecule has 5 heteroatoms. The summed E-state index contributed by atoms with van der Waals surface area (Å²) in [6.07, 6.45) is 0.567. The molecule has 5 nitrogen and oxygen atoms in total. The molecule has 0 radical (unpaired) electrons. The van der Waals surface area contributed by atoms with Crippen molar-refractivity contribution in [2.75, 3.05) is 7.11 Å². The minimum absolute atomic E-state index is 0.0533. The van der Waals surface area contributed by atoms with Crippen LogP contribution in [0.3, 0.4) is 0 Å². The number of ether oxygens (including phenoxy) is 1. The predicted molar refractivity (Wildman–Crippen MR) is 72.4 cm³/mol. The number of carboxylic acids is 1. The van der Waals surface area contributed by atoms with Crippen LogP contribution in [0.4, 0.5) is 0 Å². The smallest absolute Gasteiger partial charge is 0.320 e. The Hall–Kier alpha value is -1.75. The molecule has 0 saturated carbocycles. The Morgan fingerprint density at radius 2 is 2.11 bits per heavy atom. The molecule has 0 fully saturated rings. The van der Waals surface area contributed by atoms with Gasteiger partial charge in [0.2, 0.25) is 0 Å². The molecule has 1 rings (SSSR count). The van der Waals surface area contributed by atoms with Crippen molar-refractivity contribution >= 4 is 5.97 Å². The van der Waals surface area contributed by atoms with E-state index in [0.29, 0.717) is 24.6 Å². The summed E-state index contributed by atoms with van der Waals surface area (Å²) in [5.41, 5.74) is 0.813. The third-order valence-corrected chi connectivity index (χ3v) is 2.80. The molecule has 1 aromatic carbocycles. The Morgan fingerprint density at radius 1 is 1.42 bits per heavy atom. The molecular weight excluding hydrogens is 246 g/mol. The van der Waals surface area contributed by atoms with Crippen LogP contribution in [0, 0.1) is 5.92 Å². The fourth-order valence-electron chi connectivity index (χ4n) is 1.83. The van der Waals surface area contributed by atoms with Crippen molar-refractivity contribution in [1.82, 2.24) is 5.32 Å². The van der Waals surface area contributed by atoms with Gasteiger partial charge in [0.05, 0.1) is 7.11 Å². The van der Waals surface area contributed by atoms with Crippen LogP contribution in [0.15, 0.2) is 18.2 Å². The van der Waals surface area contributed by atoms with E-state index in [-0.39, 0.29) is 5.75 Å². The first kappa shape index (κ1) is 15.3. The van der Waals surface area contributed by atoms with Crippen molar-refractivity contribution in [2.45, 2.75) is 32.9 Å². The molecule has 1 unspecified atom stereocenters. The van der Waals surface area contributed by atoms with Crippen molar-refractivity contribution < 1.29 is 19.7 Å². The second kappa shape index (κ2) is 6.99. The van der Waals surface area contributed by atoms with Crippen LogP contribution in [0.1, 0.15) is 25.8 Å². The van der Waals surface area contributed by atoms with Crippen LogP contribution in [0.25, 0.3) is 0 Å². The summed E-state index contributed by atoms with van der Waals surface area (Å²) < 4.78 is 4.95. The topological polar surface area (TPSA) is 78.8 Å². The maximum Gasteiger partial charge on any atom is 0.320 e. The van der Waals surface area contributed by atoms with Crippen LogP contribution in [0.5, 0.6) is 11.5 Å². The van der Waals surface area contributed by atoms with Crippen LogP contribution >= 0.6 is 0 Å². The van der Waals surface area contributed by atoms with E-state index in [4.69, 9.17) is 9.84 Å². The highest BCUT2D eigenvalue weighted by molar-refractivity contribution is 5.73. The number of benzene rings is 1. The molecule has 0 aliphatic carbocycles. The van der Waals surface area contributed by atoms with Crippen molar-refractivity contribution in [2.24, 2.45) is 5.92 Å². The van der Waals surface area contributed by atoms with Crippen molar-refractivity contribution in [3.05, 3.63) is 23.8 Å². The zero-order chi connectivity index (χ0) is 14.4. The standard InChI is InChI=1S/C14H21NO4/c1-9(2)6-11(14(17)18)15-8-10-4-5-13(19-3)12(16)7-10/h4-5,7,9,11,15-16H,6,8H2,1-3H3,(H,17,18). The molecular formula is C14H21NO4. The van der Waals surface area contributed by atoms with E-state index in [0.717, 1.165) is 5.56 Å². The first-order chi connectivity index (χ1) is 8.93. The average Bonchev–Trinajstić information content (AvgIpc) is 2.34. The fourth-order valence-corrected chi connectivity index (χ4v) is 1.83. The van der Waals surface area contributed by atoms with Gasteiger partial charge in [0.25, 0.3) is 0 Å². The van der Waals surface area contributed by atoms with E-state index < -0.39 is 12.0 Å². The van der Waals surface area contributed by atoms with Gasteiger partial charge in [-0.2, -0.15) is 0 Å². The molecule has 0 saturated heterocycles. The third kappa shape index (κ3) is 4.79. The second-order valence-electron chi connectivity index (χ2n) is 4.91. The number of hydrogen-bond donors (Lipinski definition) is 3. The summed E-state index contributed by atoms with van der Waals surface area (Å²) in [6.45, 7) is 4.36. The number of nitrogens with one attached hydrogen (secondary N) is 1. The van der Waals surface area contributed by atoms with E-state index in [1.807, 2.05) is 13.8 Å². The van der Waals surface area contributed by atoms with Crippen molar-refractivity contribution in [3.8, 4) is 11.5 Å². The molecule has 0 heterocycles. The molecule has 1 atom stereocenters. The van der Waals surface area contributed by atoms with E-state index in [1.165, 1.54) is 7.11 Å². The quantitative estimate of drug-likeness (QED) is 0.704. The van der Waals surface area contributed by atoms with Gasteiger partial charge in [-0.1, -0.05) is 19.9 Å². The van der Waals surface area contributed by atoms with Crippen LogP contribution in [-0.2, 0) is 11.3 Å². The Kier molecular flexibility index (Phi) is 5.63. The minimum atomic E-state index is -0.855. The third-order valence-electron chi connectivity index (χ3n) is 2.80. The molecule has 3 N–H and O–H groups in total. The second-order valence-corrected chi connectivity index (χ2v) is 4.91. The summed E-state index contributed by atoms with van der Waals surface area (Å²) in [5, 5.41) is 21.7. The number of hydrogen-bond acceptors (Lipinski definition) is 4. The monoisotopic (exact) mass is 267 g/mol. The van der Waals surface area contributed by atoms with Crippen LogP contribution in [0.2, 0.25) is 0 Å². The number of aromatic hydroxyl groups is 1. The maximum atomic E-state index is 11.1. The van der Waals surface area contributed by atoms with Crippen molar-refractivity contribution in [1.29, 1.82) is 0 Å². The molecule has 0 aromatic heterocycles. The normalized spacial score (nSPS) is 12.4. The van der Waals surface area contributed by atoms with Gasteiger partial charge < -0.3 is 20.3 Å². The number of rotatable bonds is 7. The highest BCUT2D eigenvalue weighted by Crippen LogP contribution is 2.26. The molecule has 0 aliphatic rings. The maximum absolute atomic E-state index is 11.1. The number of carboxylic acid groups (broad SMARTS) is 1. The van der Waals surface area contributed by atoms with Gasteiger partial charge in [0.15, 0.2) is 11.5 Å². The van der Waals surface area contributed by atoms with Gasteiger partial charge in [-0.25, -0.2) is 0 Å². The van der Waals surface area contributed by atoms with Gasteiger partial charge in [-0.3, -0.25) is 4.79 Å². The van der Waals surface area contributed by atoms with Crippen molar-refractivity contribution in [3.63, 3.8) is 0 Å². The van der Waals surface area contributed by atoms with Gasteiger partial charge >= 0.3 is 5.97 Å². The SMILES string of the molecule is COc1ccc(CNC(CC(C)C)C(=O)O)cc1O. The minimum Gasteiger partial charge on any atom is -0.504 e. The van der Waals surface area contributed by atoms with Crippen LogP contribution in [-0.4, -0.2) is 29.3 Å². The molecule has 19 heavy (non-hydrogen) atoms. The lowest BCUT2D eigenvalue weighted by atomic mass is 10.0. The van der Waals surface area contributed by atoms with Gasteiger partial charge in [-0.05, 0) is 30.0 Å². The first-order valence-corrected chi connectivity index (χ1v) is 6.26. The zero-order valence-corrected chi connectivity index (χ0v) is 11.5. The summed E-state index contributed by atoms with van der Waals surface area (Å²) in [7, 11) is 1.48. The number of carbonyl (C=O) groups is 1. The Morgan fingerprint density at radius 3 is 2.58 bits per heavy atom. The van der Waals surface area contributed by atoms with E-state index in [1.54, 1.807) is 18.2 Å². The Labute approximate surface area is 113 Å². The largest absolute Gasteiger partial charge is 0.504 e. The molecule has 0 amide bonds. The zero-order valence-electron chi connectivity index (χ0n) is 11.5. The lowest BCUT2D eigenvalue weighted by Gasteiger charge is -2.16. The summed E-state index contributed by atoms with van der Waals surface area (Å²) in [6, 6.07) is 4.44. The Bertz CT molecular complexity index is 431. The van der Waals surface area contributed by atoms with E-state index in [9.17, 15) is 9.90 Å². The molecule has 1 aromatic rings. The summed E-state index contributed by atoms with van der Waals surface area (Å²) >= 11 is 0. The highest BCUT2D eigenvalue weighted by Gasteiger charge is 2.18. The summed E-state index contributed by atoms with van der Waals surface area (Å²) in [5.74, 6) is -0.0949. The van der Waals surface area contributed by atoms with E-state index in [2.05, 4.69) is 5.32 Å². The lowest BCUT2D eigenvalue weighted by Crippen LogP contribution is -2.37. The molecule has 0 bridgehead atoms. The summed E-state index contributed by atoms with van der Waals surface area (Å²) in [4.78, 5) is 11.1. The average molecular weight is 267 g/mol. The fraction of sp³-hybridized carbons (Fsp3) is 0.500. The molecule has 106 valence electrons. The Balaban J connectivity index is 2.64. The number of methoxy groups -OCH3 is 1. The number of phenolic OH excluding ortho intramolecular Hbond substituents is 1. The lowest BCUT2D eigenvalue weighted by molar-refractivity contribution is -0.140. The molecule has 0 spiro atoms. The van der Waals surface area contributed by atoms with E-state index >= 15 is 0 Å². The predicted octanol–water partition coefficient (Wildman–Crippen LogP) is 1.99. The van der Waals surface area contributed by atoms with Crippen LogP contribution < -0.4 is 10.1 Å². The number of phenols is 1.